The summed E-state index contributed by atoms with van der Waals surface area (Å²) in [5.41, 5.74) is 5.67. The molecule has 6 heteroatoms. The number of aromatic nitrogens is 4. The summed E-state index contributed by atoms with van der Waals surface area (Å²) in [6.07, 6.45) is 4.66. The highest BCUT2D eigenvalue weighted by Crippen LogP contribution is 2.18. The standard InChI is InChI=1S/C9H13N5O/c1-14-12-9(11-13-14)5-8(15)6-2-3-7(10)4-6/h2-3,6-7H,4-5,10H2,1H3. The Morgan fingerprint density at radius 2 is 2.47 bits per heavy atom. The van der Waals surface area contributed by atoms with E-state index in [0.29, 0.717) is 12.2 Å². The van der Waals surface area contributed by atoms with Crippen LogP contribution in [0.4, 0.5) is 0 Å². The van der Waals surface area contributed by atoms with Gasteiger partial charge in [-0.2, -0.15) is 4.80 Å². The van der Waals surface area contributed by atoms with Crippen molar-refractivity contribution in [3.63, 3.8) is 0 Å². The molecule has 0 aromatic carbocycles. The molecule has 2 atom stereocenters. The zero-order valence-electron chi connectivity index (χ0n) is 8.50. The maximum atomic E-state index is 11.7. The molecule has 1 aromatic rings. The Balaban J connectivity index is 1.96. The predicted molar refractivity (Wildman–Crippen MR) is 52.7 cm³/mol. The zero-order valence-corrected chi connectivity index (χ0v) is 8.50. The number of hydrogen-bond donors (Lipinski definition) is 1. The van der Waals surface area contributed by atoms with E-state index in [4.69, 9.17) is 5.73 Å². The Kier molecular flexibility index (Phi) is 2.59. The fourth-order valence-corrected chi connectivity index (χ4v) is 1.65. The summed E-state index contributed by atoms with van der Waals surface area (Å²) in [4.78, 5) is 13.1. The number of nitrogens with two attached hydrogens (primary N) is 1. The van der Waals surface area contributed by atoms with E-state index in [1.807, 2.05) is 12.2 Å². The highest BCUT2D eigenvalue weighted by Gasteiger charge is 2.23. The average Bonchev–Trinajstić information content (AvgIpc) is 2.75. The average molecular weight is 207 g/mol. The van der Waals surface area contributed by atoms with Crippen LogP contribution in [0.15, 0.2) is 12.2 Å². The van der Waals surface area contributed by atoms with Crippen LogP contribution in [-0.2, 0) is 18.3 Å². The lowest BCUT2D eigenvalue weighted by molar-refractivity contribution is -0.121. The SMILES string of the molecule is Cn1nnc(CC(=O)C2C=CC(N)C2)n1. The van der Waals surface area contributed by atoms with E-state index in [1.165, 1.54) is 4.80 Å². The summed E-state index contributed by atoms with van der Waals surface area (Å²) >= 11 is 0. The van der Waals surface area contributed by atoms with Gasteiger partial charge in [0.1, 0.15) is 5.78 Å². The summed E-state index contributed by atoms with van der Waals surface area (Å²) in [5.74, 6) is 0.493. The molecule has 0 saturated heterocycles. The summed E-state index contributed by atoms with van der Waals surface area (Å²) in [7, 11) is 1.67. The maximum Gasteiger partial charge on any atom is 0.182 e. The Morgan fingerprint density at radius 1 is 1.67 bits per heavy atom. The summed E-state index contributed by atoms with van der Waals surface area (Å²) in [6.45, 7) is 0. The van der Waals surface area contributed by atoms with Gasteiger partial charge in [-0.1, -0.05) is 12.2 Å². The molecule has 0 amide bonds. The van der Waals surface area contributed by atoms with E-state index in [9.17, 15) is 4.79 Å². The number of hydrogen-bond acceptors (Lipinski definition) is 5. The van der Waals surface area contributed by atoms with E-state index < -0.39 is 0 Å². The first-order valence-electron chi connectivity index (χ1n) is 4.84. The minimum Gasteiger partial charge on any atom is -0.324 e. The number of tetrazole rings is 1. The van der Waals surface area contributed by atoms with Crippen molar-refractivity contribution in [2.24, 2.45) is 18.7 Å². The van der Waals surface area contributed by atoms with Gasteiger partial charge in [-0.3, -0.25) is 4.79 Å². The summed E-state index contributed by atoms with van der Waals surface area (Å²) in [6, 6.07) is 0.00812. The summed E-state index contributed by atoms with van der Waals surface area (Å²) < 4.78 is 0. The minimum absolute atomic E-state index is 0.00812. The topological polar surface area (TPSA) is 86.7 Å². The lowest BCUT2D eigenvalue weighted by Crippen LogP contribution is -2.20. The van der Waals surface area contributed by atoms with Crippen LogP contribution < -0.4 is 5.73 Å². The number of ketones is 1. The molecule has 2 rings (SSSR count). The largest absolute Gasteiger partial charge is 0.324 e. The molecule has 1 aliphatic rings. The quantitative estimate of drug-likeness (QED) is 0.657. The fraction of sp³-hybridized carbons (Fsp3) is 0.556. The lowest BCUT2D eigenvalue weighted by atomic mass is 10.0. The molecule has 0 saturated carbocycles. The Labute approximate surface area is 87.1 Å². The van der Waals surface area contributed by atoms with Gasteiger partial charge in [0.05, 0.1) is 13.5 Å². The van der Waals surface area contributed by atoms with Gasteiger partial charge in [-0.15, -0.1) is 10.2 Å². The first-order chi connectivity index (χ1) is 7.15. The molecule has 0 aliphatic heterocycles. The molecule has 0 fully saturated rings. The molecular weight excluding hydrogens is 194 g/mol. The molecule has 1 aliphatic carbocycles. The molecule has 1 heterocycles. The maximum absolute atomic E-state index is 11.7. The third-order valence-electron chi connectivity index (χ3n) is 2.41. The molecular formula is C9H13N5O. The van der Waals surface area contributed by atoms with Crippen molar-refractivity contribution in [2.75, 3.05) is 0 Å². The number of Topliss-reactive ketones (excluding diaryl/α,β-unsaturated/α-hetero) is 1. The van der Waals surface area contributed by atoms with Gasteiger partial charge < -0.3 is 5.73 Å². The van der Waals surface area contributed by atoms with Gasteiger partial charge in [-0.25, -0.2) is 0 Å². The molecule has 0 bridgehead atoms. The van der Waals surface area contributed by atoms with E-state index in [2.05, 4.69) is 15.4 Å². The second-order valence-electron chi connectivity index (χ2n) is 3.73. The monoisotopic (exact) mass is 207 g/mol. The number of carbonyl (C=O) groups is 1. The number of nitrogens with zero attached hydrogens (tertiary/aromatic N) is 4. The third-order valence-corrected chi connectivity index (χ3v) is 2.41. The van der Waals surface area contributed by atoms with Crippen LogP contribution in [-0.4, -0.2) is 32.0 Å². The molecule has 0 radical (unpaired) electrons. The van der Waals surface area contributed by atoms with Gasteiger partial charge in [-0.05, 0) is 11.6 Å². The van der Waals surface area contributed by atoms with Gasteiger partial charge in [0.15, 0.2) is 5.82 Å². The van der Waals surface area contributed by atoms with Crippen molar-refractivity contribution < 1.29 is 4.79 Å². The first kappa shape index (κ1) is 9.97. The van der Waals surface area contributed by atoms with E-state index in [1.54, 1.807) is 7.05 Å². The Hall–Kier alpha value is -1.56. The minimum atomic E-state index is -0.0798. The molecule has 80 valence electrons. The molecule has 6 nitrogen and oxygen atoms in total. The Morgan fingerprint density at radius 3 is 3.00 bits per heavy atom. The number of allylic oxidation sites excluding steroid dienone is 1. The summed E-state index contributed by atoms with van der Waals surface area (Å²) in [5, 5.41) is 11.4. The van der Waals surface area contributed by atoms with Crippen LogP contribution in [0.25, 0.3) is 0 Å². The van der Waals surface area contributed by atoms with Crippen molar-refractivity contribution in [3.8, 4) is 0 Å². The predicted octanol–water partition coefficient (Wildman–Crippen LogP) is -0.775. The van der Waals surface area contributed by atoms with Gasteiger partial charge in [0, 0.05) is 12.0 Å². The number of aryl methyl sites for hydroxylation is 1. The van der Waals surface area contributed by atoms with Crippen LogP contribution >= 0.6 is 0 Å². The number of carbonyl (C=O) groups excluding carboxylic acids is 1. The first-order valence-corrected chi connectivity index (χ1v) is 4.84. The highest BCUT2D eigenvalue weighted by atomic mass is 16.1. The fourth-order valence-electron chi connectivity index (χ4n) is 1.65. The van der Waals surface area contributed by atoms with E-state index >= 15 is 0 Å². The van der Waals surface area contributed by atoms with Crippen molar-refractivity contribution >= 4 is 5.78 Å². The van der Waals surface area contributed by atoms with Crippen molar-refractivity contribution in [1.29, 1.82) is 0 Å². The highest BCUT2D eigenvalue weighted by molar-refractivity contribution is 5.84. The second kappa shape index (κ2) is 3.90. The van der Waals surface area contributed by atoms with Gasteiger partial charge in [0.25, 0.3) is 0 Å². The molecule has 2 unspecified atom stereocenters. The molecule has 2 N–H and O–H groups in total. The van der Waals surface area contributed by atoms with Gasteiger partial charge >= 0.3 is 0 Å². The smallest absolute Gasteiger partial charge is 0.182 e. The van der Waals surface area contributed by atoms with E-state index in [0.717, 1.165) is 0 Å². The lowest BCUT2D eigenvalue weighted by Gasteiger charge is -2.05. The van der Waals surface area contributed by atoms with Crippen LogP contribution in [0.3, 0.4) is 0 Å². The molecule has 1 aromatic heterocycles. The van der Waals surface area contributed by atoms with Crippen LogP contribution in [0, 0.1) is 5.92 Å². The zero-order chi connectivity index (χ0) is 10.8. The van der Waals surface area contributed by atoms with Crippen LogP contribution in [0.2, 0.25) is 0 Å². The van der Waals surface area contributed by atoms with E-state index in [-0.39, 0.29) is 24.2 Å². The van der Waals surface area contributed by atoms with Crippen molar-refractivity contribution in [2.45, 2.75) is 18.9 Å². The van der Waals surface area contributed by atoms with Crippen molar-refractivity contribution in [1.82, 2.24) is 20.2 Å². The second-order valence-corrected chi connectivity index (χ2v) is 3.73. The van der Waals surface area contributed by atoms with Crippen LogP contribution in [0.5, 0.6) is 0 Å². The van der Waals surface area contributed by atoms with Crippen molar-refractivity contribution in [3.05, 3.63) is 18.0 Å². The molecule has 0 spiro atoms. The van der Waals surface area contributed by atoms with Crippen LogP contribution in [0.1, 0.15) is 12.2 Å². The normalized spacial score (nSPS) is 24.7. The Bertz CT molecular complexity index is 397. The number of rotatable bonds is 3. The molecule has 15 heavy (non-hydrogen) atoms. The van der Waals surface area contributed by atoms with Gasteiger partial charge in [0.2, 0.25) is 0 Å². The third kappa shape index (κ3) is 2.27.